The van der Waals surface area contributed by atoms with Gasteiger partial charge in [0.2, 0.25) is 0 Å². The maximum absolute atomic E-state index is 5.11. The summed E-state index contributed by atoms with van der Waals surface area (Å²) in [5, 5.41) is 2.44. The van der Waals surface area contributed by atoms with Crippen LogP contribution >= 0.6 is 0 Å². The fourth-order valence-corrected chi connectivity index (χ4v) is 10.7. The van der Waals surface area contributed by atoms with Crippen LogP contribution in [0.15, 0.2) is 231 Å². The normalized spacial score (nSPS) is 12.4. The van der Waals surface area contributed by atoms with E-state index in [0.29, 0.717) is 17.5 Å². The molecule has 1 aliphatic carbocycles. The van der Waals surface area contributed by atoms with Gasteiger partial charge in [-0.05, 0) is 110 Å². The van der Waals surface area contributed by atoms with Crippen LogP contribution < -0.4 is 0 Å². The van der Waals surface area contributed by atoms with Crippen LogP contribution in [0, 0.1) is 12.1 Å². The highest BCUT2D eigenvalue weighted by Gasteiger charge is 2.37. The number of hydrogen-bond acceptors (Lipinski definition) is 3. The Bertz CT molecular complexity index is 3910. The topological polar surface area (TPSA) is 43.6 Å². The predicted octanol–water partition coefficient (Wildman–Crippen LogP) is 16.5. The van der Waals surface area contributed by atoms with Crippen LogP contribution in [-0.2, 0) is 5.41 Å². The Hall–Kier alpha value is -9.17. The van der Waals surface area contributed by atoms with Crippen LogP contribution in [0.25, 0.3) is 117 Å². The van der Waals surface area contributed by atoms with Crippen molar-refractivity contribution in [2.45, 2.75) is 19.3 Å². The molecule has 10 aromatic carbocycles. The second-order valence-electron chi connectivity index (χ2n) is 18.6. The molecule has 0 N–H and O–H groups in total. The molecule has 13 rings (SSSR count). The highest BCUT2D eigenvalue weighted by molar-refractivity contribution is 6.18. The van der Waals surface area contributed by atoms with E-state index < -0.39 is 0 Å². The Balaban J connectivity index is 0.999. The number of hydrogen-bond donors (Lipinski definition) is 0. The molecule has 4 heteroatoms. The Morgan fingerprint density at radius 1 is 0.371 bits per heavy atom. The minimum Gasteiger partial charge on any atom is -0.309 e. The van der Waals surface area contributed by atoms with E-state index in [4.69, 9.17) is 15.0 Å². The summed E-state index contributed by atoms with van der Waals surface area (Å²) in [6.45, 7) is 4.71. The first kappa shape index (κ1) is 41.1. The summed E-state index contributed by atoms with van der Waals surface area (Å²) >= 11 is 0. The van der Waals surface area contributed by atoms with Crippen molar-refractivity contribution in [2.24, 2.45) is 0 Å². The number of aromatic nitrogens is 4. The average molecular weight is 893 g/mol. The highest BCUT2D eigenvalue weighted by Crippen LogP contribution is 2.52. The molecular weight excluding hydrogens is 849 g/mol. The molecule has 0 unspecified atom stereocenters. The molecule has 0 aliphatic heterocycles. The van der Waals surface area contributed by atoms with E-state index in [1.807, 2.05) is 24.3 Å². The molecule has 0 fully saturated rings. The first-order valence-corrected chi connectivity index (χ1v) is 23.8. The third-order valence-electron chi connectivity index (χ3n) is 14.2. The van der Waals surface area contributed by atoms with Crippen molar-refractivity contribution < 1.29 is 0 Å². The van der Waals surface area contributed by atoms with Crippen molar-refractivity contribution in [1.82, 2.24) is 19.5 Å². The molecule has 2 heterocycles. The zero-order valence-corrected chi connectivity index (χ0v) is 38.7. The zero-order chi connectivity index (χ0) is 46.8. The van der Waals surface area contributed by atoms with E-state index in [-0.39, 0.29) is 5.41 Å². The molecule has 0 saturated carbocycles. The lowest BCUT2D eigenvalue weighted by Gasteiger charge is -2.22. The van der Waals surface area contributed by atoms with Gasteiger partial charge in [-0.25, -0.2) is 15.0 Å². The van der Waals surface area contributed by atoms with Crippen LogP contribution in [0.5, 0.6) is 0 Å². The van der Waals surface area contributed by atoms with Gasteiger partial charge in [-0.3, -0.25) is 0 Å². The van der Waals surface area contributed by atoms with Crippen molar-refractivity contribution in [3.63, 3.8) is 0 Å². The highest BCUT2D eigenvalue weighted by atomic mass is 15.0. The summed E-state index contributed by atoms with van der Waals surface area (Å²) in [6.07, 6.45) is 0. The minimum absolute atomic E-state index is 0.144. The Morgan fingerprint density at radius 3 is 1.54 bits per heavy atom. The molecule has 70 heavy (non-hydrogen) atoms. The van der Waals surface area contributed by atoms with Crippen LogP contribution in [0.4, 0.5) is 0 Å². The van der Waals surface area contributed by atoms with Crippen molar-refractivity contribution in [3.05, 3.63) is 254 Å². The van der Waals surface area contributed by atoms with E-state index >= 15 is 0 Å². The van der Waals surface area contributed by atoms with Crippen LogP contribution in [0.2, 0.25) is 0 Å². The van der Waals surface area contributed by atoms with Gasteiger partial charge in [0.1, 0.15) is 0 Å². The lowest BCUT2D eigenvalue weighted by molar-refractivity contribution is 0.660. The second kappa shape index (κ2) is 16.6. The van der Waals surface area contributed by atoms with Gasteiger partial charge in [-0.2, -0.15) is 0 Å². The number of benzene rings is 9. The molecule has 328 valence electrons. The fourth-order valence-electron chi connectivity index (χ4n) is 10.7. The predicted molar refractivity (Wildman–Crippen MR) is 287 cm³/mol. The Morgan fingerprint density at radius 2 is 0.900 bits per heavy atom. The first-order valence-electron chi connectivity index (χ1n) is 23.8. The van der Waals surface area contributed by atoms with Gasteiger partial charge in [-0.15, -0.1) is 0 Å². The van der Waals surface area contributed by atoms with Gasteiger partial charge in [0.05, 0.1) is 16.7 Å². The summed E-state index contributed by atoms with van der Waals surface area (Å²) in [5.41, 5.74) is 20.5. The molecule has 1 aliphatic rings. The third kappa shape index (κ3) is 6.90. The largest absolute Gasteiger partial charge is 0.309 e. The molecular formula is C66H44N4. The number of rotatable bonds is 8. The quantitative estimate of drug-likeness (QED) is 0.153. The molecule has 2 aromatic heterocycles. The second-order valence-corrected chi connectivity index (χ2v) is 18.6. The third-order valence-corrected chi connectivity index (χ3v) is 14.2. The summed E-state index contributed by atoms with van der Waals surface area (Å²) < 4.78 is 2.53. The number of fused-ring (bicyclic) bond motifs is 6. The maximum atomic E-state index is 5.11. The molecule has 0 amide bonds. The van der Waals surface area contributed by atoms with Crippen molar-refractivity contribution in [2.75, 3.05) is 0 Å². The van der Waals surface area contributed by atoms with Gasteiger partial charge in [0.15, 0.2) is 17.5 Å². The zero-order valence-electron chi connectivity index (χ0n) is 38.7. The van der Waals surface area contributed by atoms with Gasteiger partial charge >= 0.3 is 0 Å². The van der Waals surface area contributed by atoms with Crippen LogP contribution in [0.1, 0.15) is 25.0 Å². The van der Waals surface area contributed by atoms with E-state index in [0.717, 1.165) is 50.0 Å². The van der Waals surface area contributed by atoms with E-state index in [2.05, 4.69) is 237 Å². The Labute approximate surface area is 407 Å². The van der Waals surface area contributed by atoms with Crippen molar-refractivity contribution in [3.8, 4) is 95.5 Å². The monoisotopic (exact) mass is 892 g/mol. The van der Waals surface area contributed by atoms with Gasteiger partial charge < -0.3 is 4.57 Å². The number of nitrogens with zero attached hydrogens (tertiary/aromatic N) is 4. The van der Waals surface area contributed by atoms with Gasteiger partial charge in [0, 0.05) is 38.4 Å². The summed E-state index contributed by atoms with van der Waals surface area (Å²) in [5.74, 6) is 1.79. The molecule has 0 saturated heterocycles. The van der Waals surface area contributed by atoms with Crippen molar-refractivity contribution >= 4 is 21.8 Å². The van der Waals surface area contributed by atoms with Crippen molar-refractivity contribution in [1.29, 1.82) is 0 Å². The molecule has 12 aromatic rings. The van der Waals surface area contributed by atoms with Gasteiger partial charge in [0.25, 0.3) is 0 Å². The summed E-state index contributed by atoms with van der Waals surface area (Å²) in [4.78, 5) is 15.2. The molecule has 0 bridgehead atoms. The standard InChI is InChI=1S/C66H44N4/c1-66(2)56-27-16-15-26-53(56)62-57(66)28-17-29-59(62)70-58-39-38-51(44-20-9-4-10-21-44)40-55(58)61-54(47-22-11-5-12-23-47)41-52(42-60(61)70)46-32-36-50(37-33-46)65-68-63(48-24-13-6-14-25-48)67-64(69-65)49-34-30-45(31-35-49)43-18-7-3-8-19-43/h3-5,7-13,15-42H,1-2H3. The maximum Gasteiger partial charge on any atom is 0.164 e. The van der Waals surface area contributed by atoms with Crippen LogP contribution in [0.3, 0.4) is 0 Å². The Kier molecular flexibility index (Phi) is 9.71. The summed E-state index contributed by atoms with van der Waals surface area (Å²) in [6, 6.07) is 88.4. The average Bonchev–Trinajstić information content (AvgIpc) is 3.89. The lowest BCUT2D eigenvalue weighted by atomic mass is 9.82. The minimum atomic E-state index is -0.144. The molecule has 0 radical (unpaired) electrons. The molecule has 0 atom stereocenters. The lowest BCUT2D eigenvalue weighted by Crippen LogP contribution is -2.14. The molecule has 4 nitrogen and oxygen atoms in total. The summed E-state index contributed by atoms with van der Waals surface area (Å²) in [7, 11) is 0. The van der Waals surface area contributed by atoms with E-state index in [1.165, 1.54) is 60.9 Å². The fraction of sp³-hybridized carbons (Fsp3) is 0.0455. The van der Waals surface area contributed by atoms with Crippen LogP contribution in [-0.4, -0.2) is 19.5 Å². The molecule has 0 spiro atoms. The van der Waals surface area contributed by atoms with Gasteiger partial charge in [-0.1, -0.05) is 208 Å². The first-order chi connectivity index (χ1) is 34.5. The van der Waals surface area contributed by atoms with E-state index in [1.54, 1.807) is 0 Å². The SMILES string of the molecule is CC1(C)c2ccccc2-c2c(-n3c4ccc(-c5ccccc5)cc4c4c(-c5ccccc5)cc(-c5ccc(-c6nc(-c7cc#ccc7)nc(-c7ccc(-c8ccccc8)cc7)n6)cc5)cc43)cccc21. The smallest absolute Gasteiger partial charge is 0.164 e. The van der Waals surface area contributed by atoms with E-state index in [9.17, 15) is 0 Å².